The van der Waals surface area contributed by atoms with E-state index in [1.54, 1.807) is 0 Å². The second-order valence-electron chi connectivity index (χ2n) is 2.97. The number of nitrogens with zero attached hydrogens (tertiary/aromatic N) is 2. The molecule has 0 aromatic rings. The van der Waals surface area contributed by atoms with E-state index in [0.717, 1.165) is 5.01 Å². The number of rotatable bonds is 4. The highest BCUT2D eigenvalue weighted by atomic mass is 16.6. The molecule has 0 aliphatic carbocycles. The number of aliphatic carboxylic acids is 1. The normalized spacial score (nSPS) is 19.6. The Morgan fingerprint density at radius 1 is 1.75 bits per heavy atom. The molecule has 10 heteroatoms. The smallest absolute Gasteiger partial charge is 0.360 e. The Kier molecular flexibility index (Phi) is 4.78. The number of nitrogens with one attached hydrogen (secondary N) is 1. The zero-order valence-electron chi connectivity index (χ0n) is 8.38. The van der Waals surface area contributed by atoms with E-state index in [2.05, 4.69) is 5.43 Å². The number of carboxylic acid groups (broad SMARTS) is 1. The van der Waals surface area contributed by atoms with E-state index in [1.165, 1.54) is 6.92 Å². The largest absolute Gasteiger partial charge is 0.480 e. The van der Waals surface area contributed by atoms with E-state index >= 15 is 0 Å². The highest BCUT2D eigenvalue weighted by molar-refractivity contribution is 5.69. The van der Waals surface area contributed by atoms with Crippen LogP contribution in [0.4, 0.5) is 0 Å². The lowest BCUT2D eigenvalue weighted by molar-refractivity contribution is -0.861. The van der Waals surface area contributed by atoms with Crippen molar-refractivity contribution in [3.63, 3.8) is 0 Å². The number of hydrazine groups is 1. The van der Waals surface area contributed by atoms with E-state index in [1.807, 2.05) is 0 Å². The molecule has 1 atom stereocenters. The summed E-state index contributed by atoms with van der Waals surface area (Å²) in [6, 6.07) is 0. The standard InChI is InChI=1S/C6H10N4O5.H2O/c1-3-5(8-13)6(10(14)15)7-9(3)2-4(11)12;/h6-8,13H,2H2,1H3,(H,11,12);1H2/p+1. The van der Waals surface area contributed by atoms with Gasteiger partial charge in [-0.3, -0.25) is 19.9 Å². The Bertz CT molecular complexity index is 329. The fourth-order valence-electron chi connectivity index (χ4n) is 1.29. The van der Waals surface area contributed by atoms with Gasteiger partial charge in [-0.05, 0) is 6.92 Å². The lowest BCUT2D eigenvalue weighted by atomic mass is 10.3. The van der Waals surface area contributed by atoms with E-state index in [4.69, 9.17) is 10.3 Å². The maximum Gasteiger partial charge on any atom is 0.360 e. The first-order chi connectivity index (χ1) is 6.97. The average Bonchev–Trinajstić information content (AvgIpc) is 2.43. The quantitative estimate of drug-likeness (QED) is 0.296. The van der Waals surface area contributed by atoms with Crippen LogP contribution in [-0.4, -0.2) is 44.4 Å². The molecule has 1 heterocycles. The van der Waals surface area contributed by atoms with Crippen molar-refractivity contribution in [1.29, 1.82) is 0 Å². The molecule has 7 N–H and O–H groups in total. The number of carbonyl (C=O) groups is 1. The zero-order valence-corrected chi connectivity index (χ0v) is 8.38. The van der Waals surface area contributed by atoms with Crippen molar-refractivity contribution in [3.05, 3.63) is 21.5 Å². The number of hydrogen-bond donors (Lipinski definition) is 4. The summed E-state index contributed by atoms with van der Waals surface area (Å²) >= 11 is 0. The third-order valence-corrected chi connectivity index (χ3v) is 2.04. The molecule has 16 heavy (non-hydrogen) atoms. The van der Waals surface area contributed by atoms with Gasteiger partial charge in [0.2, 0.25) is 0 Å². The number of quaternary nitrogens is 1. The molecule has 0 radical (unpaired) electrons. The number of nitrogens with two attached hydrogens (primary N) is 1. The number of carboxylic acids is 1. The average molecular weight is 237 g/mol. The van der Waals surface area contributed by atoms with Crippen molar-refractivity contribution in [3.8, 4) is 0 Å². The van der Waals surface area contributed by atoms with Crippen LogP contribution < -0.4 is 10.9 Å². The van der Waals surface area contributed by atoms with Gasteiger partial charge >= 0.3 is 12.1 Å². The summed E-state index contributed by atoms with van der Waals surface area (Å²) in [6.07, 6.45) is -1.30. The highest BCUT2D eigenvalue weighted by Crippen LogP contribution is 2.14. The molecule has 10 nitrogen and oxygen atoms in total. The molecular weight excluding hydrogens is 224 g/mol. The third kappa shape index (κ3) is 2.64. The topological polar surface area (TPSA) is 164 Å². The van der Waals surface area contributed by atoms with E-state index in [-0.39, 0.29) is 11.2 Å². The molecular formula is C6H13N4O6+. The monoisotopic (exact) mass is 237 g/mol. The van der Waals surface area contributed by atoms with Crippen LogP contribution in [0.2, 0.25) is 0 Å². The lowest BCUT2D eigenvalue weighted by Gasteiger charge is -2.15. The minimum absolute atomic E-state index is 0. The molecule has 1 unspecified atom stereocenters. The first kappa shape index (κ1) is 14.2. The maximum atomic E-state index is 10.6. The number of hydroxylamine groups is 1. The summed E-state index contributed by atoms with van der Waals surface area (Å²) in [5.74, 6) is -1.12. The minimum atomic E-state index is -1.30. The van der Waals surface area contributed by atoms with Gasteiger partial charge in [-0.2, -0.15) is 10.9 Å². The van der Waals surface area contributed by atoms with Crippen LogP contribution in [0.3, 0.4) is 0 Å². The Hall–Kier alpha value is -1.75. The predicted octanol–water partition coefficient (Wildman–Crippen LogP) is -3.15. The van der Waals surface area contributed by atoms with Crippen molar-refractivity contribution < 1.29 is 31.0 Å². The van der Waals surface area contributed by atoms with Crippen molar-refractivity contribution in [2.45, 2.75) is 13.1 Å². The third-order valence-electron chi connectivity index (χ3n) is 2.04. The Morgan fingerprint density at radius 2 is 2.31 bits per heavy atom. The van der Waals surface area contributed by atoms with Gasteiger partial charge in [0.15, 0.2) is 0 Å². The summed E-state index contributed by atoms with van der Waals surface area (Å²) < 4.78 is 0. The Balaban J connectivity index is 0.00000225. The van der Waals surface area contributed by atoms with Crippen LogP contribution in [-0.2, 0) is 4.79 Å². The van der Waals surface area contributed by atoms with Crippen molar-refractivity contribution in [2.75, 3.05) is 6.54 Å². The molecule has 0 bridgehead atoms. The second kappa shape index (κ2) is 5.37. The molecule has 0 spiro atoms. The molecule has 0 aromatic heterocycles. The fourth-order valence-corrected chi connectivity index (χ4v) is 1.29. The van der Waals surface area contributed by atoms with Crippen LogP contribution in [0.25, 0.3) is 0 Å². The van der Waals surface area contributed by atoms with Gasteiger partial charge in [0.25, 0.3) is 5.70 Å². The molecule has 1 rings (SSSR count). The summed E-state index contributed by atoms with van der Waals surface area (Å²) in [5, 5.41) is 29.0. The number of hydrogen-bond acceptors (Lipinski definition) is 6. The summed E-state index contributed by atoms with van der Waals surface area (Å²) in [7, 11) is 0. The molecule has 0 saturated heterocycles. The van der Waals surface area contributed by atoms with Gasteiger partial charge in [0.05, 0.1) is 10.6 Å². The van der Waals surface area contributed by atoms with Crippen LogP contribution in [0.1, 0.15) is 6.92 Å². The Labute approximate surface area is 89.5 Å². The van der Waals surface area contributed by atoms with Gasteiger partial charge in [0, 0.05) is 0 Å². The SMILES string of the molecule is CC1=C([NH2+]O)C([N+](=O)[O-])NN1CC(=O)O.O. The van der Waals surface area contributed by atoms with Gasteiger partial charge < -0.3 is 10.6 Å². The minimum Gasteiger partial charge on any atom is -0.480 e. The lowest BCUT2D eigenvalue weighted by Crippen LogP contribution is -2.81. The summed E-state index contributed by atoms with van der Waals surface area (Å²) in [6.45, 7) is 1.08. The zero-order chi connectivity index (χ0) is 11.6. The van der Waals surface area contributed by atoms with Crippen molar-refractivity contribution >= 4 is 5.97 Å². The predicted molar refractivity (Wildman–Crippen MR) is 48.3 cm³/mol. The van der Waals surface area contributed by atoms with Gasteiger partial charge in [0.1, 0.15) is 6.54 Å². The highest BCUT2D eigenvalue weighted by Gasteiger charge is 2.41. The maximum absolute atomic E-state index is 10.6. The Morgan fingerprint density at radius 3 is 2.62 bits per heavy atom. The van der Waals surface area contributed by atoms with E-state index in [9.17, 15) is 14.9 Å². The molecule has 92 valence electrons. The van der Waals surface area contributed by atoms with Crippen LogP contribution >= 0.6 is 0 Å². The van der Waals surface area contributed by atoms with Crippen LogP contribution in [0, 0.1) is 10.1 Å². The number of allylic oxidation sites excluding steroid dienone is 1. The molecule has 0 fully saturated rings. The second-order valence-corrected chi connectivity index (χ2v) is 2.97. The molecule has 0 saturated carbocycles. The van der Waals surface area contributed by atoms with Crippen LogP contribution in [0.5, 0.6) is 0 Å². The fraction of sp³-hybridized carbons (Fsp3) is 0.500. The first-order valence-corrected chi connectivity index (χ1v) is 4.04. The van der Waals surface area contributed by atoms with E-state index in [0.29, 0.717) is 11.2 Å². The van der Waals surface area contributed by atoms with E-state index < -0.39 is 23.6 Å². The molecule has 1 aliphatic rings. The van der Waals surface area contributed by atoms with Crippen molar-refractivity contribution in [1.82, 2.24) is 10.4 Å². The molecule has 1 aliphatic heterocycles. The first-order valence-electron chi connectivity index (χ1n) is 4.04. The van der Waals surface area contributed by atoms with Gasteiger partial charge in [-0.25, -0.2) is 5.21 Å². The summed E-state index contributed by atoms with van der Waals surface area (Å²) in [5.41, 5.74) is 3.35. The molecule has 0 amide bonds. The number of nitro groups is 1. The van der Waals surface area contributed by atoms with Gasteiger partial charge in [-0.1, -0.05) is 0 Å². The van der Waals surface area contributed by atoms with Gasteiger partial charge in [-0.15, -0.1) is 0 Å². The molecule has 0 aromatic carbocycles. The van der Waals surface area contributed by atoms with Crippen LogP contribution in [0.15, 0.2) is 11.4 Å². The summed E-state index contributed by atoms with van der Waals surface area (Å²) in [4.78, 5) is 20.3. The van der Waals surface area contributed by atoms with Crippen molar-refractivity contribution in [2.24, 2.45) is 0 Å².